The molecule has 1 aromatic carbocycles. The molecule has 0 aliphatic rings. The molecule has 13 heavy (non-hydrogen) atoms. The van der Waals surface area contributed by atoms with E-state index in [1.54, 1.807) is 30.3 Å². The summed E-state index contributed by atoms with van der Waals surface area (Å²) in [4.78, 5) is 19.3. The van der Waals surface area contributed by atoms with Gasteiger partial charge in [0.25, 0.3) is 0 Å². The van der Waals surface area contributed by atoms with E-state index in [1.807, 2.05) is 0 Å². The summed E-state index contributed by atoms with van der Waals surface area (Å²) in [5, 5.41) is 9.37. The Balaban J connectivity index is 2.68. The highest BCUT2D eigenvalue weighted by Gasteiger charge is 2.18. The number of hydrogen-bond acceptors (Lipinski definition) is 4. The zero-order valence-electron chi connectivity index (χ0n) is 7.14. The summed E-state index contributed by atoms with van der Waals surface area (Å²) in [6.45, 7) is 0. The van der Waals surface area contributed by atoms with E-state index in [4.69, 9.17) is 0 Å². The quantitative estimate of drug-likeness (QED) is 0.555. The molecule has 0 spiro atoms. The minimum Gasteiger partial charge on any atom is -0.377 e. The minimum absolute atomic E-state index is 0.476. The number of carbonyl (C=O) groups excluding carboxylic acids is 1. The molecule has 0 bridgehead atoms. The number of carbonyl (C=O) groups is 1. The summed E-state index contributed by atoms with van der Waals surface area (Å²) in [6.07, 6.45) is -1.29. The molecule has 70 valence electrons. The van der Waals surface area contributed by atoms with Gasteiger partial charge < -0.3 is 5.11 Å². The Bertz CT molecular complexity index is 270. The van der Waals surface area contributed by atoms with E-state index in [0.717, 1.165) is 0 Å². The first kappa shape index (κ1) is 9.70. The Morgan fingerprint density at radius 2 is 2.00 bits per heavy atom. The maximum Gasteiger partial charge on any atom is 0.375 e. The number of aliphatic hydroxyl groups is 1. The Hall–Kier alpha value is -1.39. The molecular formula is C9H10O4. The average molecular weight is 182 g/mol. The largest absolute Gasteiger partial charge is 0.377 e. The topological polar surface area (TPSA) is 55.8 Å². The summed E-state index contributed by atoms with van der Waals surface area (Å²) in [5.74, 6) is -0.825. The maximum absolute atomic E-state index is 10.9. The van der Waals surface area contributed by atoms with Gasteiger partial charge in [-0.3, -0.25) is 4.89 Å². The number of aliphatic hydroxyl groups excluding tert-OH is 1. The second kappa shape index (κ2) is 4.59. The van der Waals surface area contributed by atoms with Crippen LogP contribution in [0.5, 0.6) is 0 Å². The van der Waals surface area contributed by atoms with Gasteiger partial charge in [0.1, 0.15) is 0 Å². The molecule has 0 heterocycles. The van der Waals surface area contributed by atoms with Crippen molar-refractivity contribution in [2.45, 2.75) is 6.10 Å². The Morgan fingerprint density at radius 3 is 2.54 bits per heavy atom. The van der Waals surface area contributed by atoms with Crippen molar-refractivity contribution in [3.05, 3.63) is 35.9 Å². The van der Waals surface area contributed by atoms with Crippen molar-refractivity contribution in [1.29, 1.82) is 0 Å². The molecule has 0 saturated carbocycles. The fourth-order valence-electron chi connectivity index (χ4n) is 0.899. The van der Waals surface area contributed by atoms with Gasteiger partial charge in [-0.05, 0) is 5.56 Å². The van der Waals surface area contributed by atoms with Crippen LogP contribution in [0.15, 0.2) is 30.3 Å². The van der Waals surface area contributed by atoms with Crippen LogP contribution in [-0.4, -0.2) is 18.2 Å². The molecule has 0 saturated heterocycles. The van der Waals surface area contributed by atoms with Crippen LogP contribution in [0.25, 0.3) is 0 Å². The molecule has 1 rings (SSSR count). The molecule has 4 heteroatoms. The number of hydrogen-bond donors (Lipinski definition) is 1. The van der Waals surface area contributed by atoms with Crippen LogP contribution in [0.3, 0.4) is 0 Å². The average Bonchev–Trinajstić information content (AvgIpc) is 2.18. The zero-order valence-corrected chi connectivity index (χ0v) is 7.14. The lowest BCUT2D eigenvalue weighted by Gasteiger charge is -2.07. The van der Waals surface area contributed by atoms with Gasteiger partial charge in [-0.2, -0.15) is 4.89 Å². The van der Waals surface area contributed by atoms with Gasteiger partial charge in [0, 0.05) is 0 Å². The first-order valence-electron chi connectivity index (χ1n) is 3.73. The number of rotatable bonds is 3. The van der Waals surface area contributed by atoms with E-state index in [9.17, 15) is 9.90 Å². The van der Waals surface area contributed by atoms with Gasteiger partial charge >= 0.3 is 5.97 Å². The maximum atomic E-state index is 10.9. The summed E-state index contributed by atoms with van der Waals surface area (Å²) in [7, 11) is 1.20. The monoisotopic (exact) mass is 182 g/mol. The lowest BCUT2D eigenvalue weighted by atomic mass is 10.1. The van der Waals surface area contributed by atoms with Crippen LogP contribution in [0.4, 0.5) is 0 Å². The molecule has 0 radical (unpaired) electrons. The van der Waals surface area contributed by atoms with Crippen molar-refractivity contribution < 1.29 is 19.7 Å². The standard InChI is InChI=1S/C9H10O4/c1-12-13-9(11)8(10)7-5-3-2-4-6-7/h2-6,8,10H,1H3/t8-/m1/s1. The normalized spacial score (nSPS) is 12.2. The molecule has 0 aliphatic carbocycles. The highest BCUT2D eigenvalue weighted by atomic mass is 17.2. The van der Waals surface area contributed by atoms with E-state index in [1.165, 1.54) is 7.11 Å². The molecule has 4 nitrogen and oxygen atoms in total. The smallest absolute Gasteiger partial charge is 0.375 e. The Labute approximate surface area is 75.6 Å². The Kier molecular flexibility index (Phi) is 3.42. The van der Waals surface area contributed by atoms with Gasteiger partial charge in [0.2, 0.25) is 0 Å². The molecule has 0 aromatic heterocycles. The highest BCUT2D eigenvalue weighted by molar-refractivity contribution is 5.75. The van der Waals surface area contributed by atoms with Gasteiger partial charge in [0.05, 0.1) is 7.11 Å². The minimum atomic E-state index is -1.29. The number of benzene rings is 1. The summed E-state index contributed by atoms with van der Waals surface area (Å²) >= 11 is 0. The third kappa shape index (κ3) is 2.54. The van der Waals surface area contributed by atoms with Crippen molar-refractivity contribution in [3.63, 3.8) is 0 Å². The third-order valence-electron chi connectivity index (χ3n) is 1.50. The summed E-state index contributed by atoms with van der Waals surface area (Å²) in [5.41, 5.74) is 0.476. The van der Waals surface area contributed by atoms with E-state index >= 15 is 0 Å². The molecule has 1 atom stereocenters. The fourth-order valence-corrected chi connectivity index (χ4v) is 0.899. The van der Waals surface area contributed by atoms with Crippen LogP contribution >= 0.6 is 0 Å². The predicted octanol–water partition coefficient (Wildman–Crippen LogP) is 0.825. The first-order valence-corrected chi connectivity index (χ1v) is 3.73. The third-order valence-corrected chi connectivity index (χ3v) is 1.50. The van der Waals surface area contributed by atoms with Crippen molar-refractivity contribution in [1.82, 2.24) is 0 Å². The second-order valence-corrected chi connectivity index (χ2v) is 2.38. The van der Waals surface area contributed by atoms with Crippen molar-refractivity contribution in [2.75, 3.05) is 7.11 Å². The van der Waals surface area contributed by atoms with Gasteiger partial charge in [0.15, 0.2) is 6.10 Å². The molecular weight excluding hydrogens is 172 g/mol. The van der Waals surface area contributed by atoms with E-state index in [2.05, 4.69) is 9.78 Å². The fraction of sp³-hybridized carbons (Fsp3) is 0.222. The van der Waals surface area contributed by atoms with Crippen LogP contribution in [0.2, 0.25) is 0 Å². The molecule has 0 amide bonds. The van der Waals surface area contributed by atoms with Crippen molar-refractivity contribution >= 4 is 5.97 Å². The van der Waals surface area contributed by atoms with E-state index in [-0.39, 0.29) is 0 Å². The molecule has 1 N–H and O–H groups in total. The molecule has 0 aliphatic heterocycles. The lowest BCUT2D eigenvalue weighted by Crippen LogP contribution is -2.14. The van der Waals surface area contributed by atoms with Crippen LogP contribution in [0, 0.1) is 0 Å². The predicted molar refractivity (Wildman–Crippen MR) is 44.5 cm³/mol. The summed E-state index contributed by atoms with van der Waals surface area (Å²) < 4.78 is 0. The highest BCUT2D eigenvalue weighted by Crippen LogP contribution is 2.13. The molecule has 1 aromatic rings. The zero-order chi connectivity index (χ0) is 9.68. The van der Waals surface area contributed by atoms with Gasteiger partial charge in [-0.1, -0.05) is 30.3 Å². The Morgan fingerprint density at radius 1 is 1.38 bits per heavy atom. The van der Waals surface area contributed by atoms with Crippen LogP contribution in [-0.2, 0) is 14.6 Å². The second-order valence-electron chi connectivity index (χ2n) is 2.38. The van der Waals surface area contributed by atoms with E-state index < -0.39 is 12.1 Å². The van der Waals surface area contributed by atoms with E-state index in [0.29, 0.717) is 5.56 Å². The lowest BCUT2D eigenvalue weighted by molar-refractivity contribution is -0.262. The SMILES string of the molecule is COOC(=O)[C@H](O)c1ccccc1. The summed E-state index contributed by atoms with van der Waals surface area (Å²) in [6, 6.07) is 8.48. The first-order chi connectivity index (χ1) is 6.25. The van der Waals surface area contributed by atoms with Crippen molar-refractivity contribution in [3.8, 4) is 0 Å². The molecule has 0 fully saturated rings. The van der Waals surface area contributed by atoms with Crippen LogP contribution < -0.4 is 0 Å². The van der Waals surface area contributed by atoms with Gasteiger partial charge in [-0.15, -0.1) is 0 Å². The molecule has 0 unspecified atom stereocenters. The van der Waals surface area contributed by atoms with Gasteiger partial charge in [-0.25, -0.2) is 4.79 Å². The van der Waals surface area contributed by atoms with Crippen molar-refractivity contribution in [2.24, 2.45) is 0 Å². The van der Waals surface area contributed by atoms with Crippen LogP contribution in [0.1, 0.15) is 11.7 Å².